The van der Waals surface area contributed by atoms with E-state index in [2.05, 4.69) is 62.6 Å². The van der Waals surface area contributed by atoms with Crippen LogP contribution in [0.5, 0.6) is 0 Å². The highest BCUT2D eigenvalue weighted by atomic mass is 79.9. The zero-order valence-corrected chi connectivity index (χ0v) is 14.1. The van der Waals surface area contributed by atoms with Crippen LogP contribution in [-0.2, 0) is 6.54 Å². The van der Waals surface area contributed by atoms with E-state index in [0.29, 0.717) is 0 Å². The normalized spacial score (nSPS) is 11.1. The van der Waals surface area contributed by atoms with Gasteiger partial charge in [0.2, 0.25) is 0 Å². The average Bonchev–Trinajstić information content (AvgIpc) is 2.84. The summed E-state index contributed by atoms with van der Waals surface area (Å²) in [6, 6.07) is 14.6. The Labute approximate surface area is 134 Å². The molecule has 3 rings (SSSR count). The molecule has 0 saturated heterocycles. The number of hydrogen-bond donors (Lipinski definition) is 1. The smallest absolute Gasteiger partial charge is 0.155 e. The summed E-state index contributed by atoms with van der Waals surface area (Å²) in [5.74, 6) is 0. The summed E-state index contributed by atoms with van der Waals surface area (Å²) in [7, 11) is 1.97. The van der Waals surface area contributed by atoms with E-state index in [4.69, 9.17) is 0 Å². The van der Waals surface area contributed by atoms with E-state index in [1.54, 1.807) is 23.1 Å². The van der Waals surface area contributed by atoms with Crippen molar-refractivity contribution in [3.05, 3.63) is 52.5 Å². The molecule has 2 nitrogen and oxygen atoms in total. The van der Waals surface area contributed by atoms with Crippen LogP contribution < -0.4 is 5.32 Å². The van der Waals surface area contributed by atoms with Crippen LogP contribution >= 0.6 is 39.0 Å². The van der Waals surface area contributed by atoms with Crippen molar-refractivity contribution in [1.29, 1.82) is 0 Å². The molecule has 0 atom stereocenters. The summed E-state index contributed by atoms with van der Waals surface area (Å²) >= 11 is 7.01. The third kappa shape index (κ3) is 3.06. The Morgan fingerprint density at radius 3 is 2.90 bits per heavy atom. The van der Waals surface area contributed by atoms with Crippen LogP contribution in [0.1, 0.15) is 5.56 Å². The SMILES string of the molecule is CNCc1cc(Br)ccc1Sc1nc2ccccc2s1. The summed E-state index contributed by atoms with van der Waals surface area (Å²) < 4.78 is 3.43. The number of nitrogens with one attached hydrogen (secondary N) is 1. The van der Waals surface area contributed by atoms with Crippen LogP contribution in [0, 0.1) is 0 Å². The Bertz CT molecular complexity index is 707. The van der Waals surface area contributed by atoms with Crippen LogP contribution in [0.15, 0.2) is 56.2 Å². The van der Waals surface area contributed by atoms with Gasteiger partial charge in [0.1, 0.15) is 0 Å². The van der Waals surface area contributed by atoms with E-state index in [1.807, 2.05) is 13.1 Å². The summed E-state index contributed by atoms with van der Waals surface area (Å²) in [6.07, 6.45) is 0. The van der Waals surface area contributed by atoms with E-state index in [1.165, 1.54) is 15.2 Å². The Morgan fingerprint density at radius 2 is 2.10 bits per heavy atom. The molecule has 0 bridgehead atoms. The summed E-state index contributed by atoms with van der Waals surface area (Å²) in [5.41, 5.74) is 2.36. The maximum Gasteiger partial charge on any atom is 0.155 e. The van der Waals surface area contributed by atoms with Gasteiger partial charge in [0.25, 0.3) is 0 Å². The van der Waals surface area contributed by atoms with Crippen LogP contribution in [0.4, 0.5) is 0 Å². The molecule has 0 aliphatic rings. The molecule has 2 aromatic carbocycles. The first kappa shape index (κ1) is 14.1. The monoisotopic (exact) mass is 364 g/mol. The molecule has 0 spiro atoms. The maximum atomic E-state index is 4.68. The summed E-state index contributed by atoms with van der Waals surface area (Å²) in [5, 5.41) is 3.21. The second kappa shape index (κ2) is 6.26. The first-order chi connectivity index (χ1) is 9.76. The fourth-order valence-corrected chi connectivity index (χ4v) is 4.51. The molecule has 20 heavy (non-hydrogen) atoms. The molecular weight excluding hydrogens is 352 g/mol. The van der Waals surface area contributed by atoms with E-state index >= 15 is 0 Å². The molecule has 102 valence electrons. The largest absolute Gasteiger partial charge is 0.316 e. The van der Waals surface area contributed by atoms with E-state index in [0.717, 1.165) is 20.9 Å². The van der Waals surface area contributed by atoms with Gasteiger partial charge in [0, 0.05) is 15.9 Å². The van der Waals surface area contributed by atoms with Crippen molar-refractivity contribution in [3.63, 3.8) is 0 Å². The van der Waals surface area contributed by atoms with E-state index in [9.17, 15) is 0 Å². The highest BCUT2D eigenvalue weighted by Gasteiger charge is 2.09. The number of para-hydroxylation sites is 1. The minimum Gasteiger partial charge on any atom is -0.316 e. The molecule has 0 aliphatic carbocycles. The first-order valence-electron chi connectivity index (χ1n) is 6.23. The molecule has 1 aromatic heterocycles. The van der Waals surface area contributed by atoms with Gasteiger partial charge in [-0.25, -0.2) is 4.98 Å². The fraction of sp³-hybridized carbons (Fsp3) is 0.133. The molecule has 1 heterocycles. The predicted molar refractivity (Wildman–Crippen MR) is 90.6 cm³/mol. The molecule has 0 unspecified atom stereocenters. The highest BCUT2D eigenvalue weighted by molar-refractivity contribution is 9.10. The number of benzene rings is 2. The molecule has 0 radical (unpaired) electrons. The van der Waals surface area contributed by atoms with Crippen molar-refractivity contribution in [1.82, 2.24) is 10.3 Å². The Kier molecular flexibility index (Phi) is 4.41. The van der Waals surface area contributed by atoms with Gasteiger partial charge in [-0.3, -0.25) is 0 Å². The van der Waals surface area contributed by atoms with Crippen molar-refractivity contribution in [2.24, 2.45) is 0 Å². The number of rotatable bonds is 4. The van der Waals surface area contributed by atoms with Crippen LogP contribution in [0.25, 0.3) is 10.2 Å². The number of thiazole rings is 1. The molecule has 0 fully saturated rings. The first-order valence-corrected chi connectivity index (χ1v) is 8.65. The van der Waals surface area contributed by atoms with Gasteiger partial charge < -0.3 is 5.32 Å². The number of halogens is 1. The summed E-state index contributed by atoms with van der Waals surface area (Å²) in [6.45, 7) is 0.854. The van der Waals surface area contributed by atoms with Crippen molar-refractivity contribution in [2.75, 3.05) is 7.05 Å². The standard InChI is InChI=1S/C15H13BrN2S2/c1-17-9-10-8-11(16)6-7-13(10)19-15-18-12-4-2-3-5-14(12)20-15/h2-8,17H,9H2,1H3. The Morgan fingerprint density at radius 1 is 1.25 bits per heavy atom. The predicted octanol–water partition coefficient (Wildman–Crippen LogP) is 4.93. The maximum absolute atomic E-state index is 4.68. The van der Waals surface area contributed by atoms with E-state index in [-0.39, 0.29) is 0 Å². The van der Waals surface area contributed by atoms with Crippen molar-refractivity contribution in [2.45, 2.75) is 15.8 Å². The Balaban J connectivity index is 1.93. The van der Waals surface area contributed by atoms with Crippen molar-refractivity contribution < 1.29 is 0 Å². The fourth-order valence-electron chi connectivity index (χ4n) is 1.96. The number of hydrogen-bond acceptors (Lipinski definition) is 4. The van der Waals surface area contributed by atoms with Gasteiger partial charge in [0.05, 0.1) is 10.2 Å². The lowest BCUT2D eigenvalue weighted by Crippen LogP contribution is -2.06. The van der Waals surface area contributed by atoms with Crippen LogP contribution in [0.3, 0.4) is 0 Å². The van der Waals surface area contributed by atoms with Gasteiger partial charge >= 0.3 is 0 Å². The van der Waals surface area contributed by atoms with Gasteiger partial charge in [0.15, 0.2) is 4.34 Å². The van der Waals surface area contributed by atoms with Gasteiger partial charge in [-0.15, -0.1) is 11.3 Å². The molecule has 0 saturated carbocycles. The molecular formula is C15H13BrN2S2. The third-order valence-corrected chi connectivity index (χ3v) is 5.57. The Hall–Kier alpha value is -0.880. The average molecular weight is 365 g/mol. The topological polar surface area (TPSA) is 24.9 Å². The van der Waals surface area contributed by atoms with Gasteiger partial charge in [-0.2, -0.15) is 0 Å². The van der Waals surface area contributed by atoms with Gasteiger partial charge in [-0.1, -0.05) is 39.8 Å². The molecule has 1 N–H and O–H groups in total. The van der Waals surface area contributed by atoms with E-state index < -0.39 is 0 Å². The molecule has 3 aromatic rings. The van der Waals surface area contributed by atoms with Crippen LogP contribution in [-0.4, -0.2) is 12.0 Å². The highest BCUT2D eigenvalue weighted by Crippen LogP contribution is 2.36. The second-order valence-electron chi connectivity index (χ2n) is 4.33. The molecule has 0 amide bonds. The molecule has 0 aliphatic heterocycles. The van der Waals surface area contributed by atoms with Crippen molar-refractivity contribution >= 4 is 49.2 Å². The lowest BCUT2D eigenvalue weighted by molar-refractivity contribution is 0.802. The minimum atomic E-state index is 0.854. The third-order valence-electron chi connectivity index (χ3n) is 2.86. The lowest BCUT2D eigenvalue weighted by Gasteiger charge is -2.07. The zero-order chi connectivity index (χ0) is 13.9. The minimum absolute atomic E-state index is 0.854. The lowest BCUT2D eigenvalue weighted by atomic mass is 10.2. The number of fused-ring (bicyclic) bond motifs is 1. The van der Waals surface area contributed by atoms with Crippen molar-refractivity contribution in [3.8, 4) is 0 Å². The second-order valence-corrected chi connectivity index (χ2v) is 7.57. The van der Waals surface area contributed by atoms with Gasteiger partial charge in [-0.05, 0) is 42.9 Å². The summed E-state index contributed by atoms with van der Waals surface area (Å²) in [4.78, 5) is 5.93. The quantitative estimate of drug-likeness (QED) is 0.710. The number of aromatic nitrogens is 1. The molecule has 5 heteroatoms. The number of nitrogens with zero attached hydrogens (tertiary/aromatic N) is 1. The van der Waals surface area contributed by atoms with Crippen LogP contribution in [0.2, 0.25) is 0 Å². The zero-order valence-electron chi connectivity index (χ0n) is 10.9.